The van der Waals surface area contributed by atoms with Gasteiger partial charge in [-0.1, -0.05) is 24.3 Å². The van der Waals surface area contributed by atoms with Crippen molar-refractivity contribution in [2.24, 2.45) is 0 Å². The van der Waals surface area contributed by atoms with Crippen molar-refractivity contribution in [3.63, 3.8) is 0 Å². The first-order valence-corrected chi connectivity index (χ1v) is 14.0. The number of benzene rings is 2. The fourth-order valence-corrected chi connectivity index (χ4v) is 4.71. The largest absolute Gasteiger partial charge is 1.00 e. The van der Waals surface area contributed by atoms with Crippen molar-refractivity contribution in [3.05, 3.63) is 47.5 Å². The van der Waals surface area contributed by atoms with Crippen molar-refractivity contribution in [1.29, 1.82) is 0 Å². The molecule has 2 aromatic rings. The smallest absolute Gasteiger partial charge is 0.338 e. The molecule has 0 unspecified atom stereocenters. The van der Waals surface area contributed by atoms with Crippen LogP contribution in [0.5, 0.6) is 0 Å². The summed E-state index contributed by atoms with van der Waals surface area (Å²) in [7, 11) is -11.0. The molecule has 0 radical (unpaired) electrons. The van der Waals surface area contributed by atoms with E-state index in [-0.39, 0.29) is 52.1 Å². The van der Waals surface area contributed by atoms with Crippen LogP contribution in [0.2, 0.25) is 0 Å². The summed E-state index contributed by atoms with van der Waals surface area (Å²) in [6.45, 7) is 2.00. The van der Waals surface area contributed by atoms with E-state index < -0.39 is 46.3 Å². The molecule has 0 saturated heterocycles. The Morgan fingerprint density at radius 1 is 0.861 bits per heavy atom. The molecule has 2 aromatic carbocycles. The SMILES string of the molecule is CCNC(=O)Nc1ccc(/C=C/c2ccc(NS(=O)(=O)N(C)C)cc2S(=O)(=O)O)c(S(=O)(=O)O)c1.[Na+]. The van der Waals surface area contributed by atoms with E-state index in [4.69, 9.17) is 0 Å². The van der Waals surface area contributed by atoms with Gasteiger partial charge in [0.25, 0.3) is 20.2 Å². The third kappa shape index (κ3) is 8.82. The van der Waals surface area contributed by atoms with Gasteiger partial charge >= 0.3 is 45.8 Å². The summed E-state index contributed by atoms with van der Waals surface area (Å²) in [6, 6.07) is 6.33. The summed E-state index contributed by atoms with van der Waals surface area (Å²) in [5, 5.41) is 4.85. The topological polar surface area (TPSA) is 199 Å². The number of carbonyl (C=O) groups excluding carboxylic acids is 1. The third-order valence-corrected chi connectivity index (χ3v) is 7.62. The van der Waals surface area contributed by atoms with Crippen molar-refractivity contribution < 1.29 is 68.7 Å². The number of nitrogens with one attached hydrogen (secondary N) is 3. The number of rotatable bonds is 9. The van der Waals surface area contributed by atoms with Gasteiger partial charge in [0.1, 0.15) is 9.79 Å². The molecule has 2 amide bonds. The number of amides is 2. The predicted octanol–water partition coefficient (Wildman–Crippen LogP) is -1.29. The first kappa shape index (κ1) is 32.0. The molecule has 0 bridgehead atoms. The van der Waals surface area contributed by atoms with Gasteiger partial charge in [0.05, 0.1) is 5.69 Å². The molecule has 17 heteroatoms. The van der Waals surface area contributed by atoms with Crippen LogP contribution < -0.4 is 44.9 Å². The molecule has 13 nitrogen and oxygen atoms in total. The monoisotopic (exact) mass is 571 g/mol. The van der Waals surface area contributed by atoms with Gasteiger partial charge in [0, 0.05) is 26.3 Å². The zero-order chi connectivity index (χ0) is 26.6. The average Bonchev–Trinajstić information content (AvgIpc) is 2.71. The number of hydrogen-bond donors (Lipinski definition) is 5. The van der Waals surface area contributed by atoms with Gasteiger partial charge in [-0.3, -0.25) is 13.8 Å². The Morgan fingerprint density at radius 3 is 1.72 bits per heavy atom. The molecule has 0 saturated carbocycles. The van der Waals surface area contributed by atoms with Gasteiger partial charge in [-0.25, -0.2) is 4.79 Å². The van der Waals surface area contributed by atoms with Gasteiger partial charge in [-0.2, -0.15) is 29.6 Å². The van der Waals surface area contributed by atoms with Crippen LogP contribution in [-0.4, -0.2) is 65.3 Å². The predicted molar refractivity (Wildman–Crippen MR) is 130 cm³/mol. The van der Waals surface area contributed by atoms with E-state index in [1.165, 1.54) is 38.4 Å². The number of urea groups is 1. The minimum absolute atomic E-state index is 0. The van der Waals surface area contributed by atoms with Gasteiger partial charge < -0.3 is 10.6 Å². The molecule has 0 aromatic heterocycles. The molecule has 0 atom stereocenters. The normalized spacial score (nSPS) is 12.3. The fourth-order valence-electron chi connectivity index (χ4n) is 2.69. The summed E-state index contributed by atoms with van der Waals surface area (Å²) in [5.41, 5.74) is -0.251. The van der Waals surface area contributed by atoms with Crippen LogP contribution in [-0.2, 0) is 30.4 Å². The van der Waals surface area contributed by atoms with Crippen LogP contribution in [0, 0.1) is 0 Å². The van der Waals surface area contributed by atoms with Crippen molar-refractivity contribution in [2.45, 2.75) is 16.7 Å². The van der Waals surface area contributed by atoms with E-state index in [9.17, 15) is 39.2 Å². The molecule has 0 spiro atoms. The van der Waals surface area contributed by atoms with Crippen LogP contribution in [0.25, 0.3) is 12.2 Å². The molecule has 0 aliphatic heterocycles. The summed E-state index contributed by atoms with van der Waals surface area (Å²) in [6.07, 6.45) is 2.31. The number of hydrogen-bond acceptors (Lipinski definition) is 7. The van der Waals surface area contributed by atoms with Crippen molar-refractivity contribution >= 4 is 60.0 Å². The molecular weight excluding hydrogens is 547 g/mol. The molecule has 5 N–H and O–H groups in total. The zero-order valence-corrected chi connectivity index (χ0v) is 24.2. The second-order valence-electron chi connectivity index (χ2n) is 7.16. The third-order valence-electron chi connectivity index (χ3n) is 4.35. The summed E-state index contributed by atoms with van der Waals surface area (Å²) >= 11 is 0. The Kier molecular flexibility index (Phi) is 11.1. The first-order valence-electron chi connectivity index (χ1n) is 9.71. The molecule has 0 fully saturated rings. The van der Waals surface area contributed by atoms with E-state index in [2.05, 4.69) is 15.4 Å². The van der Waals surface area contributed by atoms with Gasteiger partial charge in [-0.05, 0) is 42.3 Å². The number of carbonyl (C=O) groups is 1. The number of nitrogens with zero attached hydrogens (tertiary/aromatic N) is 1. The van der Waals surface area contributed by atoms with Crippen LogP contribution in [0.1, 0.15) is 18.1 Å². The maximum atomic E-state index is 12.0. The second kappa shape index (κ2) is 12.5. The Hall–Kier alpha value is -2.02. The second-order valence-corrected chi connectivity index (χ2v) is 11.8. The standard InChI is InChI=1S/C19H24N4O9S3.Na/c1-4-20-19(24)21-15-9-7-13(17(11-15)33(25,26)27)5-6-14-8-10-16(12-18(14)34(28,29)30)22-35(31,32)23(2)3;/h5-12,22H,4H2,1-3H3,(H2,20,21,24)(H,25,26,27)(H,28,29,30);/q;+1/b6-5+;. The quantitative estimate of drug-likeness (QED) is 0.138. The fraction of sp³-hybridized carbons (Fsp3) is 0.211. The Morgan fingerprint density at radius 2 is 1.31 bits per heavy atom. The molecule has 192 valence electrons. The van der Waals surface area contributed by atoms with Gasteiger partial charge in [0.2, 0.25) is 0 Å². The minimum Gasteiger partial charge on any atom is -0.338 e. The van der Waals surface area contributed by atoms with E-state index in [1.54, 1.807) is 6.92 Å². The maximum absolute atomic E-state index is 12.0. The van der Waals surface area contributed by atoms with Crippen LogP contribution in [0.15, 0.2) is 46.2 Å². The molecule has 36 heavy (non-hydrogen) atoms. The van der Waals surface area contributed by atoms with E-state index in [1.807, 2.05) is 0 Å². The summed E-state index contributed by atoms with van der Waals surface area (Å²) in [4.78, 5) is 10.4. The van der Waals surface area contributed by atoms with Crippen molar-refractivity contribution in [1.82, 2.24) is 9.62 Å². The zero-order valence-electron chi connectivity index (χ0n) is 19.8. The van der Waals surface area contributed by atoms with Gasteiger partial charge in [-0.15, -0.1) is 0 Å². The molecular formula is C19H24N4NaO9S3+. The van der Waals surface area contributed by atoms with E-state index in [0.29, 0.717) is 6.54 Å². The van der Waals surface area contributed by atoms with Crippen LogP contribution in [0.3, 0.4) is 0 Å². The Labute approximate surface area is 231 Å². The Bertz CT molecular complexity index is 1470. The minimum atomic E-state index is -4.82. The van der Waals surface area contributed by atoms with Crippen LogP contribution >= 0.6 is 0 Å². The first-order chi connectivity index (χ1) is 16.0. The Balaban J connectivity index is 0.00000648. The van der Waals surface area contributed by atoms with E-state index in [0.717, 1.165) is 28.6 Å². The molecule has 0 aliphatic carbocycles. The number of anilines is 2. The summed E-state index contributed by atoms with van der Waals surface area (Å²) in [5.74, 6) is 0. The average molecular weight is 572 g/mol. The summed E-state index contributed by atoms with van der Waals surface area (Å²) < 4.78 is 93.8. The van der Waals surface area contributed by atoms with Crippen molar-refractivity contribution in [3.8, 4) is 0 Å². The molecule has 0 heterocycles. The molecule has 0 aliphatic rings. The van der Waals surface area contributed by atoms with E-state index >= 15 is 0 Å². The van der Waals surface area contributed by atoms with Crippen LogP contribution in [0.4, 0.5) is 16.2 Å². The van der Waals surface area contributed by atoms with Crippen molar-refractivity contribution in [2.75, 3.05) is 30.7 Å². The maximum Gasteiger partial charge on any atom is 1.00 e. The molecule has 2 rings (SSSR count). The van der Waals surface area contributed by atoms with Gasteiger partial charge in [0.15, 0.2) is 0 Å².